The van der Waals surface area contributed by atoms with Gasteiger partial charge in [0.2, 0.25) is 0 Å². The molecule has 0 aliphatic heterocycles. The van der Waals surface area contributed by atoms with Crippen molar-refractivity contribution in [1.82, 2.24) is 4.98 Å². The Kier molecular flexibility index (Phi) is 6.68. The molecule has 2 aromatic carbocycles. The third kappa shape index (κ3) is 5.42. The van der Waals surface area contributed by atoms with Crippen molar-refractivity contribution in [2.75, 3.05) is 18.0 Å². The van der Waals surface area contributed by atoms with E-state index < -0.39 is 11.6 Å². The summed E-state index contributed by atoms with van der Waals surface area (Å²) in [5, 5.41) is 9.25. The van der Waals surface area contributed by atoms with Crippen molar-refractivity contribution in [1.29, 1.82) is 0 Å². The maximum Gasteiger partial charge on any atom is 0.347 e. The van der Waals surface area contributed by atoms with Gasteiger partial charge in [0, 0.05) is 13.1 Å². The predicted molar refractivity (Wildman–Crippen MR) is 125 cm³/mol. The number of carbonyl (C=O) groups is 1. The summed E-state index contributed by atoms with van der Waals surface area (Å²) in [5.41, 5.74) is 1.61. The first-order chi connectivity index (χ1) is 15.4. The highest BCUT2D eigenvalue weighted by Gasteiger charge is 2.29. The Labute approximate surface area is 189 Å². The Hall–Kier alpha value is -3.02. The Morgan fingerprint density at radius 2 is 1.84 bits per heavy atom. The van der Waals surface area contributed by atoms with Gasteiger partial charge in [-0.2, -0.15) is 4.98 Å². The third-order valence-corrected chi connectivity index (χ3v) is 6.24. The zero-order chi connectivity index (χ0) is 22.6. The Morgan fingerprint density at radius 1 is 1.12 bits per heavy atom. The van der Waals surface area contributed by atoms with Crippen LogP contribution in [-0.2, 0) is 11.2 Å². The lowest BCUT2D eigenvalue weighted by Gasteiger charge is -2.29. The Morgan fingerprint density at radius 3 is 2.53 bits per heavy atom. The highest BCUT2D eigenvalue weighted by atomic mass is 16.5. The van der Waals surface area contributed by atoms with Crippen molar-refractivity contribution in [2.45, 2.75) is 58.0 Å². The smallest absolute Gasteiger partial charge is 0.347 e. The molecule has 0 spiro atoms. The predicted octanol–water partition coefficient (Wildman–Crippen LogP) is 5.70. The molecule has 1 saturated carbocycles. The van der Waals surface area contributed by atoms with E-state index in [0.29, 0.717) is 17.7 Å². The minimum Gasteiger partial charge on any atom is -0.478 e. The summed E-state index contributed by atoms with van der Waals surface area (Å²) in [7, 11) is 0. The number of carboxylic acid groups (broad SMARTS) is 1. The zero-order valence-corrected chi connectivity index (χ0v) is 18.9. The number of hydrogen-bond donors (Lipinski definition) is 1. The van der Waals surface area contributed by atoms with Crippen LogP contribution in [0.25, 0.3) is 11.1 Å². The molecule has 6 heteroatoms. The van der Waals surface area contributed by atoms with Gasteiger partial charge in [0.25, 0.3) is 6.01 Å². The number of anilines is 1. The molecule has 0 radical (unpaired) electrons. The van der Waals surface area contributed by atoms with Crippen LogP contribution in [0, 0.1) is 5.92 Å². The van der Waals surface area contributed by atoms with Crippen LogP contribution in [0.2, 0.25) is 0 Å². The average Bonchev–Trinajstić information content (AvgIpc) is 3.22. The summed E-state index contributed by atoms with van der Waals surface area (Å²) < 4.78 is 11.7. The number of benzene rings is 2. The lowest BCUT2D eigenvalue weighted by Crippen LogP contribution is -2.37. The fourth-order valence-electron chi connectivity index (χ4n) is 4.27. The van der Waals surface area contributed by atoms with Crippen LogP contribution >= 0.6 is 0 Å². The fraction of sp³-hybridized carbons (Fsp3) is 0.462. The highest BCUT2D eigenvalue weighted by Crippen LogP contribution is 2.28. The van der Waals surface area contributed by atoms with Gasteiger partial charge in [-0.15, -0.1) is 0 Å². The van der Waals surface area contributed by atoms with Gasteiger partial charge in [-0.25, -0.2) is 4.79 Å². The molecule has 1 aliphatic rings. The number of aliphatic carboxylic acids is 1. The molecule has 0 amide bonds. The van der Waals surface area contributed by atoms with Crippen LogP contribution in [0.1, 0.15) is 51.5 Å². The molecule has 0 bridgehead atoms. The summed E-state index contributed by atoms with van der Waals surface area (Å²) in [6.07, 6.45) is 7.32. The highest BCUT2D eigenvalue weighted by molar-refractivity contribution is 5.76. The molecule has 1 heterocycles. The number of ether oxygens (including phenoxy) is 1. The van der Waals surface area contributed by atoms with Crippen LogP contribution in [0.3, 0.4) is 0 Å². The quantitative estimate of drug-likeness (QED) is 0.464. The molecular formula is C26H32N2O4. The van der Waals surface area contributed by atoms with E-state index in [0.717, 1.165) is 36.2 Å². The van der Waals surface area contributed by atoms with E-state index in [1.54, 1.807) is 13.8 Å². The molecule has 170 valence electrons. The molecule has 0 atom stereocenters. The largest absolute Gasteiger partial charge is 0.478 e. The second-order valence-corrected chi connectivity index (χ2v) is 9.23. The molecule has 1 N–H and O–H groups in total. The summed E-state index contributed by atoms with van der Waals surface area (Å²) in [4.78, 5) is 18.3. The van der Waals surface area contributed by atoms with Gasteiger partial charge in [0.1, 0.15) is 11.3 Å². The summed E-state index contributed by atoms with van der Waals surface area (Å²) in [6.45, 7) is 4.87. The average molecular weight is 437 g/mol. The molecule has 1 aliphatic carbocycles. The van der Waals surface area contributed by atoms with Crippen LogP contribution in [0.15, 0.2) is 52.9 Å². The number of fused-ring (bicyclic) bond motifs is 1. The van der Waals surface area contributed by atoms with Crippen molar-refractivity contribution < 1.29 is 19.1 Å². The monoisotopic (exact) mass is 436 g/mol. The van der Waals surface area contributed by atoms with E-state index in [4.69, 9.17) is 14.1 Å². The molecule has 6 nitrogen and oxygen atoms in total. The first-order valence-electron chi connectivity index (χ1n) is 11.5. The SMILES string of the molecule is CC(C)(Oc1ccc(CCN(CC2CCCCC2)c2nc3ccccc3o2)cc1)C(=O)O. The van der Waals surface area contributed by atoms with Gasteiger partial charge < -0.3 is 19.2 Å². The number of carboxylic acids is 1. The zero-order valence-electron chi connectivity index (χ0n) is 18.9. The standard InChI is InChI=1S/C26H32N2O4/c1-26(2,24(29)30)32-21-14-12-19(13-15-21)16-17-28(18-20-8-4-3-5-9-20)25-27-22-10-6-7-11-23(22)31-25/h6-7,10-15,20H,3-5,8-9,16-18H2,1-2H3,(H,29,30). The van der Waals surface area contributed by atoms with Crippen LogP contribution in [-0.4, -0.2) is 34.8 Å². The van der Waals surface area contributed by atoms with Gasteiger partial charge in [0.15, 0.2) is 11.2 Å². The van der Waals surface area contributed by atoms with E-state index in [-0.39, 0.29) is 0 Å². The first-order valence-corrected chi connectivity index (χ1v) is 11.5. The number of oxazole rings is 1. The maximum absolute atomic E-state index is 11.3. The first kappa shape index (κ1) is 22.2. The van der Waals surface area contributed by atoms with E-state index >= 15 is 0 Å². The Bertz CT molecular complexity index is 1000. The van der Waals surface area contributed by atoms with Gasteiger partial charge in [-0.05, 0) is 68.9 Å². The number of aromatic nitrogens is 1. The van der Waals surface area contributed by atoms with Crippen LogP contribution in [0.5, 0.6) is 5.75 Å². The third-order valence-electron chi connectivity index (χ3n) is 6.24. The number of hydrogen-bond acceptors (Lipinski definition) is 5. The van der Waals surface area contributed by atoms with Crippen LogP contribution < -0.4 is 9.64 Å². The second kappa shape index (κ2) is 9.63. The van der Waals surface area contributed by atoms with Gasteiger partial charge >= 0.3 is 5.97 Å². The topological polar surface area (TPSA) is 75.8 Å². The van der Waals surface area contributed by atoms with Crippen molar-refractivity contribution in [3.63, 3.8) is 0 Å². The van der Waals surface area contributed by atoms with Gasteiger partial charge in [0.05, 0.1) is 0 Å². The molecular weight excluding hydrogens is 404 g/mol. The molecule has 0 saturated heterocycles. The summed E-state index contributed by atoms with van der Waals surface area (Å²) in [5.74, 6) is 0.241. The van der Waals surface area contributed by atoms with E-state index in [1.165, 1.54) is 32.1 Å². The van der Waals surface area contributed by atoms with E-state index in [1.807, 2.05) is 48.5 Å². The number of nitrogens with zero attached hydrogens (tertiary/aromatic N) is 2. The van der Waals surface area contributed by atoms with Crippen molar-refractivity contribution in [3.05, 3.63) is 54.1 Å². The van der Waals surface area contributed by atoms with Crippen molar-refractivity contribution in [2.24, 2.45) is 5.92 Å². The van der Waals surface area contributed by atoms with E-state index in [9.17, 15) is 9.90 Å². The second-order valence-electron chi connectivity index (χ2n) is 9.23. The molecule has 32 heavy (non-hydrogen) atoms. The number of rotatable bonds is 9. The van der Waals surface area contributed by atoms with Crippen LogP contribution in [0.4, 0.5) is 6.01 Å². The molecule has 1 fully saturated rings. The van der Waals surface area contributed by atoms with Gasteiger partial charge in [-0.1, -0.05) is 43.5 Å². The summed E-state index contributed by atoms with van der Waals surface area (Å²) in [6, 6.07) is 16.3. The molecule has 1 aromatic heterocycles. The molecule has 0 unspecified atom stereocenters. The fourth-order valence-corrected chi connectivity index (χ4v) is 4.27. The normalized spacial score (nSPS) is 15.1. The lowest BCUT2D eigenvalue weighted by atomic mass is 9.89. The summed E-state index contributed by atoms with van der Waals surface area (Å²) >= 11 is 0. The minimum atomic E-state index is -1.26. The van der Waals surface area contributed by atoms with Gasteiger partial charge in [-0.3, -0.25) is 0 Å². The van der Waals surface area contributed by atoms with Crippen molar-refractivity contribution >= 4 is 23.1 Å². The molecule has 3 aromatic rings. The number of para-hydroxylation sites is 2. The lowest BCUT2D eigenvalue weighted by molar-refractivity contribution is -0.152. The molecule has 4 rings (SSSR count). The Balaban J connectivity index is 1.45. The maximum atomic E-state index is 11.3. The minimum absolute atomic E-state index is 0.555. The van der Waals surface area contributed by atoms with E-state index in [2.05, 4.69) is 4.90 Å². The van der Waals surface area contributed by atoms with Crippen molar-refractivity contribution in [3.8, 4) is 5.75 Å².